The second-order valence-corrected chi connectivity index (χ2v) is 5.91. The largest absolute Gasteiger partial charge is 0.393 e. The minimum absolute atomic E-state index is 0.0491. The van der Waals surface area contributed by atoms with Gasteiger partial charge in [0.1, 0.15) is 0 Å². The van der Waals surface area contributed by atoms with Crippen molar-refractivity contribution in [3.63, 3.8) is 0 Å². The highest BCUT2D eigenvalue weighted by molar-refractivity contribution is 4.78. The molecule has 0 aromatic rings. The molecule has 2 fully saturated rings. The van der Waals surface area contributed by atoms with Crippen molar-refractivity contribution in [2.75, 3.05) is 6.61 Å². The maximum Gasteiger partial charge on any atom is 0.0603 e. The molecule has 17 heavy (non-hydrogen) atoms. The first-order chi connectivity index (χ1) is 8.31. The van der Waals surface area contributed by atoms with Gasteiger partial charge < -0.3 is 9.84 Å². The minimum Gasteiger partial charge on any atom is -0.393 e. The lowest BCUT2D eigenvalue weighted by atomic mass is 9.85. The Hall–Kier alpha value is -0.0800. The second kappa shape index (κ2) is 6.75. The monoisotopic (exact) mass is 240 g/mol. The van der Waals surface area contributed by atoms with Crippen molar-refractivity contribution < 1.29 is 9.84 Å². The summed E-state index contributed by atoms with van der Waals surface area (Å²) in [5.41, 5.74) is 0. The van der Waals surface area contributed by atoms with Gasteiger partial charge in [0, 0.05) is 6.61 Å². The van der Waals surface area contributed by atoms with E-state index in [0.717, 1.165) is 25.4 Å². The Morgan fingerprint density at radius 3 is 2.47 bits per heavy atom. The first-order valence-electron chi connectivity index (χ1n) is 7.61. The van der Waals surface area contributed by atoms with E-state index in [4.69, 9.17) is 4.74 Å². The van der Waals surface area contributed by atoms with Crippen LogP contribution >= 0.6 is 0 Å². The average Bonchev–Trinajstić information content (AvgIpc) is 2.76. The van der Waals surface area contributed by atoms with Crippen LogP contribution in [-0.2, 0) is 4.74 Å². The fraction of sp³-hybridized carbons (Fsp3) is 1.00. The summed E-state index contributed by atoms with van der Waals surface area (Å²) in [5.74, 6) is 1.30. The van der Waals surface area contributed by atoms with E-state index in [1.54, 1.807) is 0 Å². The molecular formula is C15H28O2. The van der Waals surface area contributed by atoms with Crippen LogP contribution < -0.4 is 0 Å². The zero-order valence-corrected chi connectivity index (χ0v) is 11.2. The zero-order valence-electron chi connectivity index (χ0n) is 11.2. The van der Waals surface area contributed by atoms with Crippen LogP contribution in [0.1, 0.15) is 64.7 Å². The number of hydrogen-bond acceptors (Lipinski definition) is 2. The van der Waals surface area contributed by atoms with E-state index in [2.05, 4.69) is 6.92 Å². The highest BCUT2D eigenvalue weighted by Crippen LogP contribution is 2.31. The lowest BCUT2D eigenvalue weighted by Crippen LogP contribution is -2.28. The quantitative estimate of drug-likeness (QED) is 0.796. The predicted molar refractivity (Wildman–Crippen MR) is 70.0 cm³/mol. The molecule has 0 bridgehead atoms. The maximum atomic E-state index is 9.77. The molecule has 2 nitrogen and oxygen atoms in total. The molecule has 0 aromatic carbocycles. The lowest BCUT2D eigenvalue weighted by Gasteiger charge is -2.31. The molecule has 0 aromatic heterocycles. The second-order valence-electron chi connectivity index (χ2n) is 5.91. The van der Waals surface area contributed by atoms with Gasteiger partial charge in [0.15, 0.2) is 0 Å². The Morgan fingerprint density at radius 2 is 1.76 bits per heavy atom. The molecule has 1 N–H and O–H groups in total. The van der Waals surface area contributed by atoms with Crippen LogP contribution in [0.15, 0.2) is 0 Å². The molecule has 0 aliphatic heterocycles. The summed E-state index contributed by atoms with van der Waals surface area (Å²) in [5, 5.41) is 9.77. The smallest absolute Gasteiger partial charge is 0.0603 e. The van der Waals surface area contributed by atoms with Gasteiger partial charge in [-0.15, -0.1) is 0 Å². The third kappa shape index (κ3) is 3.69. The molecule has 0 spiro atoms. The normalized spacial score (nSPS) is 38.5. The van der Waals surface area contributed by atoms with Crippen LogP contribution in [0.25, 0.3) is 0 Å². The fourth-order valence-corrected chi connectivity index (χ4v) is 3.58. The van der Waals surface area contributed by atoms with Gasteiger partial charge in [-0.3, -0.25) is 0 Å². The van der Waals surface area contributed by atoms with Crippen molar-refractivity contribution in [1.29, 1.82) is 0 Å². The first kappa shape index (κ1) is 13.4. The van der Waals surface area contributed by atoms with Gasteiger partial charge in [0.05, 0.1) is 12.2 Å². The first-order valence-corrected chi connectivity index (χ1v) is 7.61. The molecule has 0 amide bonds. The topological polar surface area (TPSA) is 29.5 Å². The minimum atomic E-state index is -0.0491. The predicted octanol–water partition coefficient (Wildman–Crippen LogP) is 3.52. The van der Waals surface area contributed by atoms with Gasteiger partial charge in [-0.1, -0.05) is 32.6 Å². The van der Waals surface area contributed by atoms with E-state index in [0.29, 0.717) is 12.0 Å². The summed E-state index contributed by atoms with van der Waals surface area (Å²) in [6, 6.07) is 0. The molecule has 2 aliphatic rings. The summed E-state index contributed by atoms with van der Waals surface area (Å²) in [6.45, 7) is 3.15. The molecule has 100 valence electrons. The Balaban J connectivity index is 1.66. The molecule has 0 heterocycles. The number of aliphatic hydroxyl groups excluding tert-OH is 1. The lowest BCUT2D eigenvalue weighted by molar-refractivity contribution is -0.0223. The number of rotatable bonds is 5. The summed E-state index contributed by atoms with van der Waals surface area (Å²) in [7, 11) is 0. The molecule has 0 saturated heterocycles. The highest BCUT2D eigenvalue weighted by atomic mass is 16.5. The molecular weight excluding hydrogens is 212 g/mol. The Labute approximate surface area is 106 Å². The van der Waals surface area contributed by atoms with Crippen LogP contribution in [0, 0.1) is 11.8 Å². The van der Waals surface area contributed by atoms with E-state index in [1.807, 2.05) is 0 Å². The standard InChI is InChI=1S/C15H28O2/c1-2-12-6-3-4-9-15(12)17-11-10-13-7-5-8-14(13)16/h12-16H,2-11H2,1H3. The van der Waals surface area contributed by atoms with E-state index in [9.17, 15) is 5.11 Å². The van der Waals surface area contributed by atoms with Gasteiger partial charge in [-0.2, -0.15) is 0 Å². The Morgan fingerprint density at radius 1 is 1.00 bits per heavy atom. The number of aliphatic hydroxyl groups is 1. The van der Waals surface area contributed by atoms with Crippen LogP contribution in [0.2, 0.25) is 0 Å². The van der Waals surface area contributed by atoms with Crippen molar-refractivity contribution in [2.24, 2.45) is 11.8 Å². The van der Waals surface area contributed by atoms with Gasteiger partial charge in [-0.05, 0) is 43.9 Å². The van der Waals surface area contributed by atoms with Crippen molar-refractivity contribution in [3.8, 4) is 0 Å². The fourth-order valence-electron chi connectivity index (χ4n) is 3.58. The summed E-state index contributed by atoms with van der Waals surface area (Å²) >= 11 is 0. The SMILES string of the molecule is CCC1CCCCC1OCCC1CCCC1O. The van der Waals surface area contributed by atoms with Crippen molar-refractivity contribution in [3.05, 3.63) is 0 Å². The number of ether oxygens (including phenoxy) is 1. The van der Waals surface area contributed by atoms with E-state index in [-0.39, 0.29) is 6.10 Å². The highest BCUT2D eigenvalue weighted by Gasteiger charge is 2.27. The summed E-state index contributed by atoms with van der Waals surface area (Å²) < 4.78 is 6.09. The molecule has 2 saturated carbocycles. The van der Waals surface area contributed by atoms with E-state index in [1.165, 1.54) is 44.9 Å². The van der Waals surface area contributed by atoms with E-state index < -0.39 is 0 Å². The molecule has 4 atom stereocenters. The van der Waals surface area contributed by atoms with Crippen LogP contribution in [0.3, 0.4) is 0 Å². The van der Waals surface area contributed by atoms with Gasteiger partial charge in [0.2, 0.25) is 0 Å². The van der Waals surface area contributed by atoms with Gasteiger partial charge in [0.25, 0.3) is 0 Å². The molecule has 4 unspecified atom stereocenters. The zero-order chi connectivity index (χ0) is 12.1. The van der Waals surface area contributed by atoms with Gasteiger partial charge >= 0.3 is 0 Å². The van der Waals surface area contributed by atoms with Crippen LogP contribution in [0.4, 0.5) is 0 Å². The maximum absolute atomic E-state index is 9.77. The van der Waals surface area contributed by atoms with Crippen LogP contribution in [-0.4, -0.2) is 23.9 Å². The number of hydrogen-bond donors (Lipinski definition) is 1. The molecule has 2 rings (SSSR count). The van der Waals surface area contributed by atoms with Crippen molar-refractivity contribution >= 4 is 0 Å². The van der Waals surface area contributed by atoms with Crippen molar-refractivity contribution in [2.45, 2.75) is 76.9 Å². The van der Waals surface area contributed by atoms with Gasteiger partial charge in [-0.25, -0.2) is 0 Å². The summed E-state index contributed by atoms with van der Waals surface area (Å²) in [4.78, 5) is 0. The Kier molecular flexibility index (Phi) is 5.30. The Bertz CT molecular complexity index is 217. The molecule has 2 heteroatoms. The average molecular weight is 240 g/mol. The van der Waals surface area contributed by atoms with E-state index >= 15 is 0 Å². The molecule has 0 radical (unpaired) electrons. The third-order valence-electron chi connectivity index (χ3n) is 4.80. The summed E-state index contributed by atoms with van der Waals surface area (Å²) in [6.07, 6.45) is 11.5. The van der Waals surface area contributed by atoms with Crippen molar-refractivity contribution in [1.82, 2.24) is 0 Å². The third-order valence-corrected chi connectivity index (χ3v) is 4.80. The molecule has 2 aliphatic carbocycles. The van der Waals surface area contributed by atoms with Crippen LogP contribution in [0.5, 0.6) is 0 Å².